The van der Waals surface area contributed by atoms with Gasteiger partial charge < -0.3 is 10.1 Å². The molecule has 1 aromatic heterocycles. The van der Waals surface area contributed by atoms with E-state index in [1.807, 2.05) is 24.4 Å². The summed E-state index contributed by atoms with van der Waals surface area (Å²) in [5.74, 6) is 0.548. The van der Waals surface area contributed by atoms with E-state index < -0.39 is 10.0 Å². The second-order valence-electron chi connectivity index (χ2n) is 7.73. The first-order valence-electron chi connectivity index (χ1n) is 10.1. The average molecular weight is 437 g/mol. The summed E-state index contributed by atoms with van der Waals surface area (Å²) in [5.41, 5.74) is 3.34. The van der Waals surface area contributed by atoms with Crippen LogP contribution in [0.3, 0.4) is 0 Å². The van der Waals surface area contributed by atoms with Gasteiger partial charge in [0, 0.05) is 42.6 Å². The monoisotopic (exact) mass is 436 g/mol. The molecule has 1 aliphatic rings. The van der Waals surface area contributed by atoms with Crippen molar-refractivity contribution in [2.45, 2.75) is 18.9 Å². The Morgan fingerprint density at radius 2 is 1.94 bits per heavy atom. The van der Waals surface area contributed by atoms with Crippen molar-refractivity contribution in [3.8, 4) is 22.9 Å². The number of hydrogen-bond acceptors (Lipinski definition) is 6. The van der Waals surface area contributed by atoms with Gasteiger partial charge in [-0.15, -0.1) is 0 Å². The standard InChI is InChI=1S/C23H24N4O3S/c1-30-23-4-3-16(11-19(23)14-24)18-12-17-5-8-25-15-21(17)22(13-18)26-20-6-9-27(10-7-20)31(2,28)29/h3-5,8,11-13,15,20,26H,6-7,9-10H2,1-2H3. The number of nitrogens with one attached hydrogen (secondary N) is 1. The van der Waals surface area contributed by atoms with Crippen LogP contribution < -0.4 is 10.1 Å². The predicted octanol–water partition coefficient (Wildman–Crippen LogP) is 3.62. The summed E-state index contributed by atoms with van der Waals surface area (Å²) in [5, 5.41) is 15.1. The zero-order chi connectivity index (χ0) is 22.0. The van der Waals surface area contributed by atoms with Gasteiger partial charge in [0.2, 0.25) is 10.0 Å². The molecule has 2 heterocycles. The van der Waals surface area contributed by atoms with Gasteiger partial charge in [-0.2, -0.15) is 5.26 Å². The molecule has 4 rings (SSSR count). The smallest absolute Gasteiger partial charge is 0.211 e. The first-order chi connectivity index (χ1) is 14.9. The highest BCUT2D eigenvalue weighted by Crippen LogP contribution is 2.33. The largest absolute Gasteiger partial charge is 0.495 e. The quantitative estimate of drug-likeness (QED) is 0.656. The van der Waals surface area contributed by atoms with Crippen LogP contribution in [0.15, 0.2) is 48.8 Å². The van der Waals surface area contributed by atoms with Crippen molar-refractivity contribution in [3.63, 3.8) is 0 Å². The van der Waals surface area contributed by atoms with Gasteiger partial charge in [-0.05, 0) is 59.7 Å². The van der Waals surface area contributed by atoms with E-state index >= 15 is 0 Å². The van der Waals surface area contributed by atoms with Crippen molar-refractivity contribution in [1.82, 2.24) is 9.29 Å². The van der Waals surface area contributed by atoms with E-state index in [0.29, 0.717) is 24.4 Å². The first-order valence-corrected chi connectivity index (χ1v) is 11.9. The molecule has 1 N–H and O–H groups in total. The minimum Gasteiger partial charge on any atom is -0.495 e. The van der Waals surface area contributed by atoms with Gasteiger partial charge in [0.05, 0.1) is 18.9 Å². The molecule has 0 unspecified atom stereocenters. The molecule has 0 atom stereocenters. The normalized spacial score (nSPS) is 15.5. The van der Waals surface area contributed by atoms with E-state index in [4.69, 9.17) is 4.74 Å². The van der Waals surface area contributed by atoms with Crippen molar-refractivity contribution in [1.29, 1.82) is 5.26 Å². The predicted molar refractivity (Wildman–Crippen MR) is 122 cm³/mol. The summed E-state index contributed by atoms with van der Waals surface area (Å²) >= 11 is 0. The van der Waals surface area contributed by atoms with Crippen LogP contribution in [0.1, 0.15) is 18.4 Å². The molecule has 0 bridgehead atoms. The molecule has 0 radical (unpaired) electrons. The molecule has 3 aromatic rings. The van der Waals surface area contributed by atoms with Gasteiger partial charge in [-0.1, -0.05) is 6.07 Å². The minimum absolute atomic E-state index is 0.169. The van der Waals surface area contributed by atoms with Crippen LogP contribution in [-0.2, 0) is 10.0 Å². The number of nitrogens with zero attached hydrogens (tertiary/aromatic N) is 3. The van der Waals surface area contributed by atoms with Gasteiger partial charge in [0.15, 0.2) is 0 Å². The maximum atomic E-state index is 11.8. The molecule has 8 heteroatoms. The Bertz CT molecular complexity index is 1260. The van der Waals surface area contributed by atoms with Crippen molar-refractivity contribution < 1.29 is 13.2 Å². The number of pyridine rings is 1. The first kappa shape index (κ1) is 21.1. The molecule has 7 nitrogen and oxygen atoms in total. The molecule has 1 saturated heterocycles. The van der Waals surface area contributed by atoms with E-state index in [1.54, 1.807) is 19.4 Å². The summed E-state index contributed by atoms with van der Waals surface area (Å²) in [7, 11) is -1.60. The molecule has 0 amide bonds. The van der Waals surface area contributed by atoms with E-state index in [1.165, 1.54) is 10.6 Å². The van der Waals surface area contributed by atoms with Crippen LogP contribution in [0.25, 0.3) is 21.9 Å². The average Bonchev–Trinajstić information content (AvgIpc) is 2.78. The number of aromatic nitrogens is 1. The molecule has 1 fully saturated rings. The third-order valence-corrected chi connectivity index (χ3v) is 6.99. The fraction of sp³-hybridized carbons (Fsp3) is 0.304. The van der Waals surface area contributed by atoms with Crippen molar-refractivity contribution in [2.75, 3.05) is 31.8 Å². The zero-order valence-corrected chi connectivity index (χ0v) is 18.3. The summed E-state index contributed by atoms with van der Waals surface area (Å²) in [4.78, 5) is 4.28. The van der Waals surface area contributed by atoms with Gasteiger partial charge in [0.25, 0.3) is 0 Å². The summed E-state index contributed by atoms with van der Waals surface area (Å²) in [6.07, 6.45) is 6.32. The lowest BCUT2D eigenvalue weighted by Gasteiger charge is -2.31. The summed E-state index contributed by atoms with van der Waals surface area (Å²) in [6.45, 7) is 1.02. The molecule has 0 aliphatic carbocycles. The highest BCUT2D eigenvalue weighted by atomic mass is 32.2. The van der Waals surface area contributed by atoms with Crippen LogP contribution >= 0.6 is 0 Å². The fourth-order valence-corrected chi connectivity index (χ4v) is 4.89. The number of ether oxygens (including phenoxy) is 1. The number of fused-ring (bicyclic) bond motifs is 1. The molecular weight excluding hydrogens is 412 g/mol. The molecule has 2 aromatic carbocycles. The maximum absolute atomic E-state index is 11.8. The molecule has 31 heavy (non-hydrogen) atoms. The van der Waals surface area contributed by atoms with Crippen molar-refractivity contribution in [3.05, 3.63) is 54.4 Å². The third kappa shape index (κ3) is 4.48. The second-order valence-corrected chi connectivity index (χ2v) is 9.71. The Kier molecular flexibility index (Phi) is 5.81. The SMILES string of the molecule is COc1ccc(-c2cc(NC3CCN(S(C)(=O)=O)CC3)c3cnccc3c2)cc1C#N. The van der Waals surface area contributed by atoms with Crippen molar-refractivity contribution in [2.24, 2.45) is 0 Å². The van der Waals surface area contributed by atoms with Crippen LogP contribution in [0.2, 0.25) is 0 Å². The van der Waals surface area contributed by atoms with E-state index in [0.717, 1.165) is 40.4 Å². The van der Waals surface area contributed by atoms with Crippen LogP contribution in [0.5, 0.6) is 5.75 Å². The Balaban J connectivity index is 1.67. The summed E-state index contributed by atoms with van der Waals surface area (Å²) < 4.78 is 30.4. The molecule has 160 valence electrons. The van der Waals surface area contributed by atoms with Crippen LogP contribution in [-0.4, -0.2) is 50.2 Å². The number of hydrogen-bond donors (Lipinski definition) is 1. The molecule has 0 spiro atoms. The van der Waals surface area contributed by atoms with E-state index in [9.17, 15) is 13.7 Å². The number of anilines is 1. The lowest BCUT2D eigenvalue weighted by Crippen LogP contribution is -2.41. The summed E-state index contributed by atoms with van der Waals surface area (Å²) in [6, 6.07) is 14.0. The third-order valence-electron chi connectivity index (χ3n) is 5.69. The number of methoxy groups -OCH3 is 1. The molecule has 0 saturated carbocycles. The van der Waals surface area contributed by atoms with Gasteiger partial charge >= 0.3 is 0 Å². The number of nitriles is 1. The number of piperidine rings is 1. The molecule has 1 aliphatic heterocycles. The van der Waals surface area contributed by atoms with E-state index in [-0.39, 0.29) is 6.04 Å². The van der Waals surface area contributed by atoms with Crippen LogP contribution in [0.4, 0.5) is 5.69 Å². The van der Waals surface area contributed by atoms with E-state index in [2.05, 4.69) is 28.5 Å². The minimum atomic E-state index is -3.15. The Labute approximate surface area is 182 Å². The highest BCUT2D eigenvalue weighted by Gasteiger charge is 2.25. The topological polar surface area (TPSA) is 95.3 Å². The van der Waals surface area contributed by atoms with Crippen molar-refractivity contribution >= 4 is 26.5 Å². The highest BCUT2D eigenvalue weighted by molar-refractivity contribution is 7.88. The van der Waals surface area contributed by atoms with Gasteiger partial charge in [-0.3, -0.25) is 4.98 Å². The van der Waals surface area contributed by atoms with Gasteiger partial charge in [-0.25, -0.2) is 12.7 Å². The van der Waals surface area contributed by atoms with Gasteiger partial charge in [0.1, 0.15) is 11.8 Å². The fourth-order valence-electron chi connectivity index (χ4n) is 4.01. The number of sulfonamides is 1. The number of benzene rings is 2. The lowest BCUT2D eigenvalue weighted by molar-refractivity contribution is 0.332. The Hall–Kier alpha value is -3.15. The zero-order valence-electron chi connectivity index (χ0n) is 17.5. The maximum Gasteiger partial charge on any atom is 0.211 e. The number of rotatable bonds is 5. The lowest BCUT2D eigenvalue weighted by atomic mass is 9.98. The molecular formula is C23H24N4O3S. The van der Waals surface area contributed by atoms with Crippen LogP contribution in [0, 0.1) is 11.3 Å². The Morgan fingerprint density at radius 1 is 1.16 bits per heavy atom. The second kappa shape index (κ2) is 8.53. The Morgan fingerprint density at radius 3 is 2.61 bits per heavy atom.